The zero-order valence-corrected chi connectivity index (χ0v) is 22.2. The standard InChI is InChI=1S/C33H32FN3O2/c1-21-28-20-35-37(26-16-14-25(34)15-17-26)30(28)19-24-13-12-23(32(21)24)18-29(22-8-4-3-5-9-22)36-33(38)27-10-6-7-11-31(27)39-2/h3-11,14-17,20-21,23,29H,12-13,18-19H2,1-2H3,(H,36,38)/t21-,23+,29?/m0/s1. The summed E-state index contributed by atoms with van der Waals surface area (Å²) in [5, 5.41) is 8.02. The molecule has 1 unspecified atom stereocenters. The van der Waals surface area contributed by atoms with Crippen LogP contribution in [0.2, 0.25) is 0 Å². The molecule has 0 fully saturated rings. The Morgan fingerprint density at radius 3 is 2.59 bits per heavy atom. The molecule has 0 spiro atoms. The molecule has 0 radical (unpaired) electrons. The molecule has 1 N–H and O–H groups in total. The lowest BCUT2D eigenvalue weighted by atomic mass is 9.77. The van der Waals surface area contributed by atoms with Crippen molar-refractivity contribution < 1.29 is 13.9 Å². The summed E-state index contributed by atoms with van der Waals surface area (Å²) >= 11 is 0. The quantitative estimate of drug-likeness (QED) is 0.268. The van der Waals surface area contributed by atoms with E-state index >= 15 is 0 Å². The molecule has 2 aliphatic carbocycles. The van der Waals surface area contributed by atoms with Gasteiger partial charge in [-0.25, -0.2) is 9.07 Å². The second-order valence-electron chi connectivity index (χ2n) is 10.5. The van der Waals surface area contributed by atoms with Gasteiger partial charge in [0.2, 0.25) is 0 Å². The number of benzene rings is 3. The minimum atomic E-state index is -0.248. The molecule has 3 aromatic carbocycles. The highest BCUT2D eigenvalue weighted by Gasteiger charge is 2.37. The fourth-order valence-electron chi connectivity index (χ4n) is 6.45. The summed E-state index contributed by atoms with van der Waals surface area (Å²) in [7, 11) is 1.59. The number of ether oxygens (including phenoxy) is 1. The summed E-state index contributed by atoms with van der Waals surface area (Å²) in [6.45, 7) is 2.27. The van der Waals surface area contributed by atoms with Crippen molar-refractivity contribution in [1.29, 1.82) is 0 Å². The van der Waals surface area contributed by atoms with Crippen LogP contribution in [0.5, 0.6) is 5.75 Å². The van der Waals surface area contributed by atoms with Crippen LogP contribution in [-0.2, 0) is 6.42 Å². The first-order chi connectivity index (χ1) is 19.0. The highest BCUT2D eigenvalue weighted by molar-refractivity contribution is 5.97. The van der Waals surface area contributed by atoms with Crippen molar-refractivity contribution in [3.8, 4) is 11.4 Å². The lowest BCUT2D eigenvalue weighted by molar-refractivity contribution is 0.0928. The number of amides is 1. The Kier molecular flexibility index (Phi) is 6.77. The van der Waals surface area contributed by atoms with Gasteiger partial charge in [-0.2, -0.15) is 5.10 Å². The second-order valence-corrected chi connectivity index (χ2v) is 10.5. The van der Waals surface area contributed by atoms with E-state index in [-0.39, 0.29) is 23.7 Å². The first kappa shape index (κ1) is 25.1. The van der Waals surface area contributed by atoms with Crippen LogP contribution in [0.1, 0.15) is 65.3 Å². The van der Waals surface area contributed by atoms with Crippen LogP contribution < -0.4 is 10.1 Å². The van der Waals surface area contributed by atoms with Gasteiger partial charge in [-0.1, -0.05) is 60.5 Å². The van der Waals surface area contributed by atoms with E-state index in [0.717, 1.165) is 36.9 Å². The molecule has 0 aliphatic heterocycles. The van der Waals surface area contributed by atoms with Crippen LogP contribution in [0.3, 0.4) is 0 Å². The van der Waals surface area contributed by atoms with Crippen LogP contribution in [0.15, 0.2) is 96.2 Å². The summed E-state index contributed by atoms with van der Waals surface area (Å²) in [5.74, 6) is 0.794. The van der Waals surface area contributed by atoms with E-state index in [4.69, 9.17) is 9.84 Å². The van der Waals surface area contributed by atoms with E-state index in [0.29, 0.717) is 17.2 Å². The maximum atomic E-state index is 13.5. The van der Waals surface area contributed by atoms with Crippen LogP contribution in [0.25, 0.3) is 5.69 Å². The molecule has 2 aliphatic rings. The minimum Gasteiger partial charge on any atom is -0.496 e. The molecule has 0 saturated carbocycles. The second kappa shape index (κ2) is 10.5. The van der Waals surface area contributed by atoms with E-state index in [1.807, 2.05) is 47.3 Å². The average Bonchev–Trinajstić information content (AvgIpc) is 3.58. The predicted octanol–water partition coefficient (Wildman–Crippen LogP) is 6.95. The van der Waals surface area contributed by atoms with Crippen molar-refractivity contribution in [3.05, 3.63) is 124 Å². The molecule has 198 valence electrons. The molecule has 3 atom stereocenters. The Balaban J connectivity index is 1.27. The monoisotopic (exact) mass is 521 g/mol. The normalized spacial score (nSPS) is 18.8. The Labute approximate surface area is 228 Å². The zero-order valence-electron chi connectivity index (χ0n) is 22.2. The SMILES string of the molecule is COc1ccccc1C(=O)NC(C[C@H]1CCC2=C1[C@@H](C)c1cnn(-c3ccc(F)cc3)c1C2)c1ccccc1. The summed E-state index contributed by atoms with van der Waals surface area (Å²) in [4.78, 5) is 13.4. The number of methoxy groups -OCH3 is 1. The summed E-state index contributed by atoms with van der Waals surface area (Å²) in [6, 6.07) is 24.0. The molecule has 1 amide bonds. The van der Waals surface area contributed by atoms with Gasteiger partial charge in [0, 0.05) is 17.9 Å². The molecule has 1 aromatic heterocycles. The maximum absolute atomic E-state index is 13.5. The minimum absolute atomic E-state index is 0.129. The van der Waals surface area contributed by atoms with Crippen molar-refractivity contribution >= 4 is 5.91 Å². The number of halogens is 1. The number of rotatable bonds is 7. The summed E-state index contributed by atoms with van der Waals surface area (Å²) in [5.41, 5.74) is 7.92. The Bertz CT molecular complexity index is 1520. The number of hydrogen-bond acceptors (Lipinski definition) is 3. The van der Waals surface area contributed by atoms with Crippen LogP contribution in [-0.4, -0.2) is 22.8 Å². The number of para-hydroxylation sites is 1. The molecular weight excluding hydrogens is 489 g/mol. The maximum Gasteiger partial charge on any atom is 0.255 e. The number of allylic oxidation sites excluding steroid dienone is 2. The number of carbonyl (C=O) groups is 1. The Hall–Kier alpha value is -4.19. The lowest BCUT2D eigenvalue weighted by Gasteiger charge is -2.30. The van der Waals surface area contributed by atoms with Crippen molar-refractivity contribution in [2.45, 2.75) is 44.6 Å². The van der Waals surface area contributed by atoms with E-state index in [9.17, 15) is 9.18 Å². The summed E-state index contributed by atoms with van der Waals surface area (Å²) in [6.07, 6.45) is 5.76. The fraction of sp³-hybridized carbons (Fsp3) is 0.273. The number of hydrogen-bond donors (Lipinski definition) is 1. The van der Waals surface area contributed by atoms with Gasteiger partial charge in [-0.3, -0.25) is 4.79 Å². The van der Waals surface area contributed by atoms with Crippen LogP contribution in [0, 0.1) is 11.7 Å². The largest absolute Gasteiger partial charge is 0.496 e. The van der Waals surface area contributed by atoms with Gasteiger partial charge in [0.15, 0.2) is 0 Å². The van der Waals surface area contributed by atoms with Crippen LogP contribution >= 0.6 is 0 Å². The van der Waals surface area contributed by atoms with Gasteiger partial charge in [0.1, 0.15) is 11.6 Å². The lowest BCUT2D eigenvalue weighted by Crippen LogP contribution is -2.31. The fourth-order valence-corrected chi connectivity index (χ4v) is 6.45. The number of carbonyl (C=O) groups excluding carboxylic acids is 1. The van der Waals surface area contributed by atoms with E-state index in [2.05, 4.69) is 24.4 Å². The molecule has 39 heavy (non-hydrogen) atoms. The predicted molar refractivity (Wildman–Crippen MR) is 150 cm³/mol. The smallest absolute Gasteiger partial charge is 0.255 e. The first-order valence-corrected chi connectivity index (χ1v) is 13.6. The molecule has 6 heteroatoms. The van der Waals surface area contributed by atoms with E-state index in [1.54, 1.807) is 25.3 Å². The van der Waals surface area contributed by atoms with Crippen molar-refractivity contribution in [3.63, 3.8) is 0 Å². The molecule has 6 rings (SSSR count). The van der Waals surface area contributed by atoms with Crippen LogP contribution in [0.4, 0.5) is 4.39 Å². The molecule has 4 aromatic rings. The molecular formula is C33H32FN3O2. The van der Waals surface area contributed by atoms with E-state index in [1.165, 1.54) is 34.5 Å². The van der Waals surface area contributed by atoms with Gasteiger partial charge in [0.25, 0.3) is 5.91 Å². The molecule has 5 nitrogen and oxygen atoms in total. The highest BCUT2D eigenvalue weighted by atomic mass is 19.1. The average molecular weight is 522 g/mol. The van der Waals surface area contributed by atoms with Gasteiger partial charge in [-0.05, 0) is 67.1 Å². The van der Waals surface area contributed by atoms with Gasteiger partial charge in [-0.15, -0.1) is 0 Å². The number of aromatic nitrogens is 2. The number of nitrogens with one attached hydrogen (secondary N) is 1. The highest BCUT2D eigenvalue weighted by Crippen LogP contribution is 2.49. The molecule has 0 bridgehead atoms. The van der Waals surface area contributed by atoms with Crippen molar-refractivity contribution in [1.82, 2.24) is 15.1 Å². The third-order valence-electron chi connectivity index (χ3n) is 8.31. The van der Waals surface area contributed by atoms with Crippen molar-refractivity contribution in [2.24, 2.45) is 5.92 Å². The number of fused-ring (bicyclic) bond motifs is 1. The van der Waals surface area contributed by atoms with Gasteiger partial charge >= 0.3 is 0 Å². The third-order valence-corrected chi connectivity index (χ3v) is 8.31. The first-order valence-electron chi connectivity index (χ1n) is 13.6. The third kappa shape index (κ3) is 4.76. The number of nitrogens with zero attached hydrogens (tertiary/aromatic N) is 2. The zero-order chi connectivity index (χ0) is 26.9. The summed E-state index contributed by atoms with van der Waals surface area (Å²) < 4.78 is 20.9. The Morgan fingerprint density at radius 1 is 1.08 bits per heavy atom. The van der Waals surface area contributed by atoms with Gasteiger partial charge in [0.05, 0.1) is 36.3 Å². The molecule has 1 heterocycles. The molecule has 0 saturated heterocycles. The van der Waals surface area contributed by atoms with Gasteiger partial charge < -0.3 is 10.1 Å². The topological polar surface area (TPSA) is 56.1 Å². The van der Waals surface area contributed by atoms with Crippen molar-refractivity contribution in [2.75, 3.05) is 7.11 Å². The van der Waals surface area contributed by atoms with E-state index < -0.39 is 0 Å². The Morgan fingerprint density at radius 2 is 1.82 bits per heavy atom.